The van der Waals surface area contributed by atoms with Gasteiger partial charge >= 0.3 is 0 Å². The molecule has 0 aliphatic rings. The summed E-state index contributed by atoms with van der Waals surface area (Å²) in [7, 11) is 2.27. The SMILES string of the molecule is Cc1ccc2c(c1)c(C=O)c(C)n2-c1ccc(OP)c(C)c1. The first-order chi connectivity index (χ1) is 10.6. The fourth-order valence-electron chi connectivity index (χ4n) is 2.94. The molecule has 3 nitrogen and oxygen atoms in total. The van der Waals surface area contributed by atoms with Gasteiger partial charge in [0.25, 0.3) is 0 Å². The minimum atomic E-state index is 0.753. The van der Waals surface area contributed by atoms with Gasteiger partial charge in [-0.2, -0.15) is 0 Å². The molecule has 22 heavy (non-hydrogen) atoms. The van der Waals surface area contributed by atoms with E-state index >= 15 is 0 Å². The largest absolute Gasteiger partial charge is 0.480 e. The first-order valence-corrected chi connectivity index (χ1v) is 7.58. The highest BCUT2D eigenvalue weighted by molar-refractivity contribution is 7.10. The summed E-state index contributed by atoms with van der Waals surface area (Å²) in [6.45, 7) is 6.03. The van der Waals surface area contributed by atoms with Gasteiger partial charge in [-0.05, 0) is 56.7 Å². The summed E-state index contributed by atoms with van der Waals surface area (Å²) < 4.78 is 7.37. The van der Waals surface area contributed by atoms with Crippen molar-refractivity contribution < 1.29 is 9.32 Å². The van der Waals surface area contributed by atoms with Gasteiger partial charge in [0.15, 0.2) is 6.29 Å². The molecule has 0 aliphatic heterocycles. The molecular formula is C18H18NO2P. The highest BCUT2D eigenvalue weighted by atomic mass is 31.0. The number of fused-ring (bicyclic) bond motifs is 1. The van der Waals surface area contributed by atoms with E-state index in [1.54, 1.807) is 0 Å². The lowest BCUT2D eigenvalue weighted by Gasteiger charge is -2.11. The van der Waals surface area contributed by atoms with Crippen LogP contribution in [0.15, 0.2) is 36.4 Å². The lowest BCUT2D eigenvalue weighted by atomic mass is 10.1. The molecule has 3 rings (SSSR count). The summed E-state index contributed by atoms with van der Waals surface area (Å²) >= 11 is 0. The highest BCUT2D eigenvalue weighted by Gasteiger charge is 2.15. The third-order valence-corrected chi connectivity index (χ3v) is 4.32. The molecule has 0 saturated heterocycles. The first kappa shape index (κ1) is 14.8. The van der Waals surface area contributed by atoms with Gasteiger partial charge in [-0.3, -0.25) is 4.79 Å². The molecule has 0 fully saturated rings. The van der Waals surface area contributed by atoms with E-state index in [1.165, 1.54) is 0 Å². The van der Waals surface area contributed by atoms with Crippen molar-refractivity contribution in [3.05, 3.63) is 58.8 Å². The number of aromatic nitrogens is 1. The van der Waals surface area contributed by atoms with Crippen molar-refractivity contribution in [3.63, 3.8) is 0 Å². The van der Waals surface area contributed by atoms with Crippen LogP contribution in [0.4, 0.5) is 0 Å². The monoisotopic (exact) mass is 311 g/mol. The third-order valence-electron chi connectivity index (χ3n) is 4.07. The van der Waals surface area contributed by atoms with E-state index in [9.17, 15) is 4.79 Å². The van der Waals surface area contributed by atoms with Crippen molar-refractivity contribution >= 4 is 26.7 Å². The summed E-state index contributed by atoms with van der Waals surface area (Å²) in [5.74, 6) is 0.828. The topological polar surface area (TPSA) is 31.2 Å². The van der Waals surface area contributed by atoms with Gasteiger partial charge in [0.05, 0.1) is 15.0 Å². The molecule has 1 heterocycles. The van der Waals surface area contributed by atoms with E-state index < -0.39 is 0 Å². The maximum Gasteiger partial charge on any atom is 0.152 e. The van der Waals surface area contributed by atoms with Crippen LogP contribution in [0.25, 0.3) is 16.6 Å². The molecule has 1 aromatic heterocycles. The zero-order valence-electron chi connectivity index (χ0n) is 12.9. The van der Waals surface area contributed by atoms with Crippen molar-refractivity contribution in [1.82, 2.24) is 4.57 Å². The number of aryl methyl sites for hydroxylation is 2. The number of hydrogen-bond donors (Lipinski definition) is 0. The molecule has 0 saturated carbocycles. The Hall–Kier alpha value is -2.12. The van der Waals surface area contributed by atoms with Crippen molar-refractivity contribution in [1.29, 1.82) is 0 Å². The van der Waals surface area contributed by atoms with Crippen molar-refractivity contribution in [2.75, 3.05) is 0 Å². The number of carbonyl (C=O) groups is 1. The van der Waals surface area contributed by atoms with Gasteiger partial charge in [0, 0.05) is 22.3 Å². The molecule has 0 radical (unpaired) electrons. The Labute approximate surface area is 132 Å². The van der Waals surface area contributed by atoms with E-state index in [-0.39, 0.29) is 0 Å². The van der Waals surface area contributed by atoms with Crippen molar-refractivity contribution in [2.24, 2.45) is 0 Å². The minimum absolute atomic E-state index is 0.753. The second-order valence-electron chi connectivity index (χ2n) is 5.54. The Kier molecular flexibility index (Phi) is 3.76. The molecular weight excluding hydrogens is 293 g/mol. The van der Waals surface area contributed by atoms with Gasteiger partial charge in [0.2, 0.25) is 0 Å². The van der Waals surface area contributed by atoms with E-state index in [0.29, 0.717) is 0 Å². The second-order valence-corrected chi connectivity index (χ2v) is 5.78. The molecule has 0 bridgehead atoms. The van der Waals surface area contributed by atoms with E-state index in [0.717, 1.165) is 51.0 Å². The average Bonchev–Trinajstić information content (AvgIpc) is 2.77. The van der Waals surface area contributed by atoms with E-state index in [1.807, 2.05) is 32.9 Å². The molecule has 4 heteroatoms. The van der Waals surface area contributed by atoms with Crippen molar-refractivity contribution in [3.8, 4) is 11.4 Å². The number of hydrogen-bond acceptors (Lipinski definition) is 2. The van der Waals surface area contributed by atoms with Crippen LogP contribution in [-0.4, -0.2) is 10.9 Å². The Morgan fingerprint density at radius 2 is 1.86 bits per heavy atom. The van der Waals surface area contributed by atoms with Crippen LogP contribution < -0.4 is 4.52 Å². The molecule has 0 spiro atoms. The molecule has 0 N–H and O–H groups in total. The fourth-order valence-corrected chi connectivity index (χ4v) is 3.21. The van der Waals surface area contributed by atoms with Gasteiger partial charge in [-0.1, -0.05) is 11.6 Å². The van der Waals surface area contributed by atoms with Crippen LogP contribution in [0.5, 0.6) is 5.75 Å². The standard InChI is InChI=1S/C18H18NO2P/c1-11-4-6-17-15(8-11)16(10-20)13(3)19(17)14-5-7-18(21-22)12(2)9-14/h4-10H,22H2,1-3H3. The van der Waals surface area contributed by atoms with Gasteiger partial charge in [-0.25, -0.2) is 0 Å². The predicted molar refractivity (Wildman–Crippen MR) is 93.2 cm³/mol. The normalized spacial score (nSPS) is 10.9. The third kappa shape index (κ3) is 2.22. The van der Waals surface area contributed by atoms with Crippen LogP contribution in [-0.2, 0) is 0 Å². The molecule has 1 atom stereocenters. The van der Waals surface area contributed by atoms with Crippen LogP contribution in [0, 0.1) is 20.8 Å². The summed E-state index contributed by atoms with van der Waals surface area (Å²) in [5.41, 5.74) is 5.98. The van der Waals surface area contributed by atoms with Crippen LogP contribution in [0.3, 0.4) is 0 Å². The number of benzene rings is 2. The number of nitrogens with zero attached hydrogens (tertiary/aromatic N) is 1. The highest BCUT2D eigenvalue weighted by Crippen LogP contribution is 2.31. The fraction of sp³-hybridized carbons (Fsp3) is 0.167. The Morgan fingerprint density at radius 1 is 1.09 bits per heavy atom. The first-order valence-electron chi connectivity index (χ1n) is 7.11. The number of carbonyl (C=O) groups excluding carboxylic acids is 1. The Balaban J connectivity index is 2.33. The van der Waals surface area contributed by atoms with Crippen LogP contribution in [0.2, 0.25) is 0 Å². The second kappa shape index (κ2) is 5.58. The maximum atomic E-state index is 11.5. The van der Waals surface area contributed by atoms with E-state index in [2.05, 4.69) is 38.3 Å². The van der Waals surface area contributed by atoms with Crippen molar-refractivity contribution in [2.45, 2.75) is 20.8 Å². The lowest BCUT2D eigenvalue weighted by Crippen LogP contribution is -1.98. The smallest absolute Gasteiger partial charge is 0.152 e. The van der Waals surface area contributed by atoms with Gasteiger partial charge in [0.1, 0.15) is 5.75 Å². The lowest BCUT2D eigenvalue weighted by molar-refractivity contribution is 0.112. The molecule has 2 aromatic carbocycles. The molecule has 1 unspecified atom stereocenters. The summed E-state index contributed by atoms with van der Waals surface area (Å²) in [4.78, 5) is 11.5. The predicted octanol–water partition coefficient (Wildman–Crippen LogP) is 4.54. The Bertz CT molecular complexity index is 880. The zero-order chi connectivity index (χ0) is 15.9. The molecule has 3 aromatic rings. The quantitative estimate of drug-likeness (QED) is 0.525. The zero-order valence-corrected chi connectivity index (χ0v) is 14.0. The van der Waals surface area contributed by atoms with Gasteiger partial charge in [-0.15, -0.1) is 0 Å². The summed E-state index contributed by atoms with van der Waals surface area (Å²) in [6.07, 6.45) is 0.945. The maximum absolute atomic E-state index is 11.5. The van der Waals surface area contributed by atoms with Crippen LogP contribution in [0.1, 0.15) is 27.2 Å². The number of aldehydes is 1. The van der Waals surface area contributed by atoms with Gasteiger partial charge < -0.3 is 9.09 Å². The molecule has 112 valence electrons. The summed E-state index contributed by atoms with van der Waals surface area (Å²) in [6, 6.07) is 12.2. The molecule has 0 aliphatic carbocycles. The average molecular weight is 311 g/mol. The van der Waals surface area contributed by atoms with E-state index in [4.69, 9.17) is 4.52 Å². The molecule has 0 amide bonds. The Morgan fingerprint density at radius 3 is 2.50 bits per heavy atom. The summed E-state index contributed by atoms with van der Waals surface area (Å²) in [5, 5.41) is 0.997. The minimum Gasteiger partial charge on any atom is -0.480 e. The number of rotatable bonds is 3. The van der Waals surface area contributed by atoms with Crippen LogP contribution >= 0.6 is 9.47 Å².